The van der Waals surface area contributed by atoms with E-state index in [1.165, 1.54) is 28.8 Å². The van der Waals surface area contributed by atoms with Crippen LogP contribution in [0.15, 0.2) is 65.6 Å². The molecule has 2 aromatic carbocycles. The Morgan fingerprint density at radius 2 is 1.76 bits per heavy atom. The number of nitrogens with zero attached hydrogens (tertiary/aromatic N) is 3. The van der Waals surface area contributed by atoms with Crippen molar-refractivity contribution in [1.82, 2.24) is 14.5 Å². The molecule has 2 aromatic heterocycles. The zero-order valence-corrected chi connectivity index (χ0v) is 18.0. The van der Waals surface area contributed by atoms with E-state index in [0.29, 0.717) is 34.5 Å². The van der Waals surface area contributed by atoms with Gasteiger partial charge < -0.3 is 9.30 Å². The van der Waals surface area contributed by atoms with Gasteiger partial charge in [0.15, 0.2) is 11.6 Å². The Morgan fingerprint density at radius 1 is 0.939 bits per heavy atom. The highest BCUT2D eigenvalue weighted by atomic mass is 19.1. The number of halogens is 3. The molecule has 0 atom stereocenters. The summed E-state index contributed by atoms with van der Waals surface area (Å²) in [4.78, 5) is 20.5. The molecule has 0 N–H and O–H groups in total. The number of hydrogen-bond donors (Lipinski definition) is 0. The average Bonchev–Trinajstić information content (AvgIpc) is 2.77. The van der Waals surface area contributed by atoms with Gasteiger partial charge >= 0.3 is 6.01 Å². The van der Waals surface area contributed by atoms with E-state index in [1.54, 1.807) is 44.4 Å². The van der Waals surface area contributed by atoms with Gasteiger partial charge in [0.1, 0.15) is 11.6 Å². The minimum Gasteiger partial charge on any atom is -0.421 e. The first-order chi connectivity index (χ1) is 15.8. The lowest BCUT2D eigenvalue weighted by Crippen LogP contribution is -2.14. The van der Waals surface area contributed by atoms with Crippen molar-refractivity contribution >= 4 is 0 Å². The van der Waals surface area contributed by atoms with Crippen LogP contribution in [0.1, 0.15) is 16.8 Å². The highest BCUT2D eigenvalue weighted by Gasteiger charge is 2.14. The highest BCUT2D eigenvalue weighted by Crippen LogP contribution is 2.28. The van der Waals surface area contributed by atoms with Crippen molar-refractivity contribution in [1.29, 1.82) is 0 Å². The van der Waals surface area contributed by atoms with E-state index in [0.717, 1.165) is 6.07 Å². The number of aromatic nitrogens is 3. The van der Waals surface area contributed by atoms with Gasteiger partial charge in [-0.15, -0.1) is 0 Å². The lowest BCUT2D eigenvalue weighted by atomic mass is 10.1. The quantitative estimate of drug-likeness (QED) is 0.407. The maximum Gasteiger partial charge on any atom is 0.322 e. The molecule has 33 heavy (non-hydrogen) atoms. The predicted molar refractivity (Wildman–Crippen MR) is 118 cm³/mol. The van der Waals surface area contributed by atoms with Crippen LogP contribution in [-0.4, -0.2) is 14.5 Å². The Balaban J connectivity index is 1.72. The van der Waals surface area contributed by atoms with E-state index < -0.39 is 17.5 Å². The van der Waals surface area contributed by atoms with Crippen LogP contribution in [0.5, 0.6) is 11.8 Å². The van der Waals surface area contributed by atoms with Gasteiger partial charge in [0.2, 0.25) is 5.56 Å². The Kier molecular flexibility index (Phi) is 6.26. The second-order valence-corrected chi connectivity index (χ2v) is 7.62. The summed E-state index contributed by atoms with van der Waals surface area (Å²) in [6.07, 6.45) is 2.18. The van der Waals surface area contributed by atoms with Gasteiger partial charge in [-0.25, -0.2) is 13.2 Å². The summed E-state index contributed by atoms with van der Waals surface area (Å²) < 4.78 is 48.7. The van der Waals surface area contributed by atoms with Crippen molar-refractivity contribution in [3.05, 3.63) is 105 Å². The van der Waals surface area contributed by atoms with Crippen molar-refractivity contribution in [2.45, 2.75) is 19.8 Å². The van der Waals surface area contributed by atoms with E-state index in [4.69, 9.17) is 4.74 Å². The molecule has 0 saturated heterocycles. The van der Waals surface area contributed by atoms with Crippen molar-refractivity contribution in [2.24, 2.45) is 7.05 Å². The second kappa shape index (κ2) is 9.28. The molecule has 0 aliphatic carbocycles. The van der Waals surface area contributed by atoms with E-state index in [-0.39, 0.29) is 23.7 Å². The summed E-state index contributed by atoms with van der Waals surface area (Å²) in [5.41, 5.74) is 2.33. The summed E-state index contributed by atoms with van der Waals surface area (Å²) in [5.74, 6) is -1.83. The zero-order chi connectivity index (χ0) is 23.5. The van der Waals surface area contributed by atoms with Crippen LogP contribution in [0.2, 0.25) is 0 Å². The van der Waals surface area contributed by atoms with Crippen LogP contribution in [-0.2, 0) is 19.9 Å². The monoisotopic (exact) mass is 451 g/mol. The molecule has 0 unspecified atom stereocenters. The third kappa shape index (κ3) is 5.11. The zero-order valence-electron chi connectivity index (χ0n) is 18.0. The van der Waals surface area contributed by atoms with Gasteiger partial charge in [-0.2, -0.15) is 9.97 Å². The lowest BCUT2D eigenvalue weighted by Gasteiger charge is -2.12. The van der Waals surface area contributed by atoms with Gasteiger partial charge in [-0.3, -0.25) is 4.79 Å². The summed E-state index contributed by atoms with van der Waals surface area (Å²) in [6, 6.07) is 12.6. The first-order valence-electron chi connectivity index (χ1n) is 10.2. The van der Waals surface area contributed by atoms with Crippen LogP contribution in [0.4, 0.5) is 13.2 Å². The number of pyridine rings is 1. The molecule has 0 radical (unpaired) electrons. The Hall–Kier alpha value is -3.94. The van der Waals surface area contributed by atoms with Gasteiger partial charge in [-0.1, -0.05) is 18.2 Å². The third-order valence-electron chi connectivity index (χ3n) is 5.16. The fraction of sp³-hybridized carbons (Fsp3) is 0.160. The van der Waals surface area contributed by atoms with Crippen LogP contribution in [0, 0.1) is 24.4 Å². The maximum atomic E-state index is 14.3. The number of rotatable bonds is 6. The molecular weight excluding hydrogens is 431 g/mol. The fourth-order valence-corrected chi connectivity index (χ4v) is 3.36. The van der Waals surface area contributed by atoms with Crippen molar-refractivity contribution < 1.29 is 17.9 Å². The van der Waals surface area contributed by atoms with Crippen LogP contribution < -0.4 is 10.3 Å². The van der Waals surface area contributed by atoms with Gasteiger partial charge in [0.25, 0.3) is 0 Å². The molecule has 0 aliphatic heterocycles. The molecule has 5 nitrogen and oxygen atoms in total. The van der Waals surface area contributed by atoms with Crippen molar-refractivity contribution in [2.75, 3.05) is 0 Å². The van der Waals surface area contributed by atoms with E-state index in [9.17, 15) is 18.0 Å². The van der Waals surface area contributed by atoms with E-state index in [2.05, 4.69) is 9.97 Å². The molecule has 8 heteroatoms. The molecule has 0 bridgehead atoms. The molecule has 0 fully saturated rings. The predicted octanol–water partition coefficient (Wildman–Crippen LogP) is 5.15. The highest BCUT2D eigenvalue weighted by molar-refractivity contribution is 5.58. The summed E-state index contributed by atoms with van der Waals surface area (Å²) in [5, 5.41) is 0. The molecule has 0 aliphatic rings. The largest absolute Gasteiger partial charge is 0.421 e. The smallest absolute Gasteiger partial charge is 0.322 e. The SMILES string of the molecule is Cc1cccc(F)c1Oc1nc(CCc2ccc(F)cc2F)cc(-c2ccc(=O)n(C)c2)n1. The van der Waals surface area contributed by atoms with Crippen LogP contribution >= 0.6 is 0 Å². The minimum absolute atomic E-state index is 0.00522. The first-order valence-corrected chi connectivity index (χ1v) is 10.2. The van der Waals surface area contributed by atoms with Crippen LogP contribution in [0.25, 0.3) is 11.3 Å². The molecule has 0 amide bonds. The Bertz CT molecular complexity index is 1370. The Morgan fingerprint density at radius 3 is 2.48 bits per heavy atom. The van der Waals surface area contributed by atoms with Crippen molar-refractivity contribution in [3.8, 4) is 23.0 Å². The normalized spacial score (nSPS) is 10.9. The van der Waals surface area contributed by atoms with Gasteiger partial charge in [-0.05, 0) is 55.2 Å². The Labute approximate surface area is 188 Å². The van der Waals surface area contributed by atoms with Crippen molar-refractivity contribution in [3.63, 3.8) is 0 Å². The van der Waals surface area contributed by atoms with Crippen LogP contribution in [0.3, 0.4) is 0 Å². The standard InChI is InChI=1S/C25H20F3N3O2/c1-15-4-3-5-20(27)24(15)33-25-29-19(10-7-16-6-9-18(26)12-21(16)28)13-22(30-25)17-8-11-23(32)31(2)14-17/h3-6,8-9,11-14H,7,10H2,1-2H3. The maximum absolute atomic E-state index is 14.3. The van der Waals surface area contributed by atoms with Gasteiger partial charge in [0.05, 0.1) is 5.69 Å². The molecular formula is C25H20F3N3O2. The number of para-hydroxylation sites is 1. The number of hydrogen-bond acceptors (Lipinski definition) is 4. The van der Waals surface area contributed by atoms with Gasteiger partial charge in [0, 0.05) is 36.6 Å². The minimum atomic E-state index is -0.647. The molecule has 0 spiro atoms. The molecule has 0 saturated carbocycles. The third-order valence-corrected chi connectivity index (χ3v) is 5.16. The number of benzene rings is 2. The fourth-order valence-electron chi connectivity index (χ4n) is 3.36. The number of aryl methyl sites for hydroxylation is 4. The topological polar surface area (TPSA) is 57.0 Å². The molecule has 168 valence electrons. The summed E-state index contributed by atoms with van der Waals surface area (Å²) in [6.45, 7) is 1.70. The molecule has 2 heterocycles. The second-order valence-electron chi connectivity index (χ2n) is 7.62. The lowest BCUT2D eigenvalue weighted by molar-refractivity contribution is 0.406. The summed E-state index contributed by atoms with van der Waals surface area (Å²) >= 11 is 0. The average molecular weight is 451 g/mol. The summed E-state index contributed by atoms with van der Waals surface area (Å²) in [7, 11) is 1.62. The van der Waals surface area contributed by atoms with E-state index >= 15 is 0 Å². The molecule has 4 aromatic rings. The number of ether oxygens (including phenoxy) is 1. The first kappa shape index (κ1) is 22.3. The van der Waals surface area contributed by atoms with E-state index in [1.807, 2.05) is 0 Å². The molecule has 4 rings (SSSR count).